The number of ketones is 1. The number of carbonyl (C=O) groups excluding carboxylic acids is 2. The lowest BCUT2D eigenvalue weighted by Gasteiger charge is -2.37. The Bertz CT molecular complexity index is 1300. The second kappa shape index (κ2) is 14.7. The summed E-state index contributed by atoms with van der Waals surface area (Å²) in [6.45, 7) is 6.73. The van der Waals surface area contributed by atoms with Crippen LogP contribution in [0.15, 0.2) is 91.5 Å². The summed E-state index contributed by atoms with van der Waals surface area (Å²) in [5, 5.41) is 15.1. The van der Waals surface area contributed by atoms with Crippen LogP contribution < -0.4 is 10.6 Å². The van der Waals surface area contributed by atoms with E-state index < -0.39 is 18.4 Å². The van der Waals surface area contributed by atoms with Crippen LogP contribution in [0.5, 0.6) is 0 Å². The molecular weight excluding hydrogens is 518 g/mol. The molecule has 3 aromatic carbocycles. The Labute approximate surface area is 242 Å². The third-order valence-corrected chi connectivity index (χ3v) is 7.07. The number of hydrogen-bond donors (Lipinski definition) is 3. The van der Waals surface area contributed by atoms with Crippen molar-refractivity contribution in [2.24, 2.45) is 0 Å². The smallest absolute Gasteiger partial charge is 0.319 e. The Morgan fingerprint density at radius 3 is 2.46 bits per heavy atom. The summed E-state index contributed by atoms with van der Waals surface area (Å²) in [5.41, 5.74) is 4.14. The van der Waals surface area contributed by atoms with Crippen molar-refractivity contribution < 1.29 is 24.2 Å². The number of nitrogens with one attached hydrogen (secondary N) is 2. The molecule has 3 N–H and O–H groups in total. The van der Waals surface area contributed by atoms with Crippen molar-refractivity contribution in [3.8, 4) is 0 Å². The van der Waals surface area contributed by atoms with E-state index in [0.717, 1.165) is 28.8 Å². The lowest BCUT2D eigenvalue weighted by molar-refractivity contribution is -0.252. The summed E-state index contributed by atoms with van der Waals surface area (Å²) >= 11 is 0. The van der Waals surface area contributed by atoms with Crippen LogP contribution in [-0.4, -0.2) is 54.1 Å². The van der Waals surface area contributed by atoms with Crippen molar-refractivity contribution in [2.45, 2.75) is 50.9 Å². The highest BCUT2D eigenvalue weighted by Gasteiger charge is 2.33. The Balaban J connectivity index is 1.47. The van der Waals surface area contributed by atoms with Gasteiger partial charge in [-0.05, 0) is 49.2 Å². The number of rotatable bonds is 12. The molecule has 4 rings (SSSR count). The molecule has 8 heteroatoms. The van der Waals surface area contributed by atoms with E-state index in [-0.39, 0.29) is 24.6 Å². The molecular formula is C33H39N3O5. The monoisotopic (exact) mass is 557 g/mol. The SMILES string of the molecule is C=CCN(C)C[C@@H]1C[C@H](c2ccc(CO)cc2)OC(c2cccc(NC(=O)N[C@H](Cc3ccccc3)C(C)=O)c2)O1. The molecule has 1 heterocycles. The molecule has 1 saturated heterocycles. The second-order valence-corrected chi connectivity index (χ2v) is 10.4. The minimum Gasteiger partial charge on any atom is -0.392 e. The predicted molar refractivity (Wildman–Crippen MR) is 159 cm³/mol. The first-order valence-corrected chi connectivity index (χ1v) is 13.9. The third-order valence-electron chi connectivity index (χ3n) is 7.07. The van der Waals surface area contributed by atoms with Crippen LogP contribution in [0.25, 0.3) is 0 Å². The highest BCUT2D eigenvalue weighted by molar-refractivity contribution is 5.93. The molecule has 41 heavy (non-hydrogen) atoms. The lowest BCUT2D eigenvalue weighted by atomic mass is 9.99. The molecule has 2 amide bonds. The zero-order chi connectivity index (χ0) is 29.2. The van der Waals surface area contributed by atoms with Gasteiger partial charge >= 0.3 is 6.03 Å². The van der Waals surface area contributed by atoms with Gasteiger partial charge in [0.25, 0.3) is 0 Å². The number of amides is 2. The number of nitrogens with zero attached hydrogens (tertiary/aromatic N) is 1. The third kappa shape index (κ3) is 8.83. The molecule has 8 nitrogen and oxygen atoms in total. The van der Waals surface area contributed by atoms with Crippen molar-refractivity contribution >= 4 is 17.5 Å². The summed E-state index contributed by atoms with van der Waals surface area (Å²) in [4.78, 5) is 27.2. The number of urea groups is 1. The zero-order valence-electron chi connectivity index (χ0n) is 23.7. The second-order valence-electron chi connectivity index (χ2n) is 10.4. The van der Waals surface area contributed by atoms with Gasteiger partial charge in [-0.25, -0.2) is 4.79 Å². The first-order valence-electron chi connectivity index (χ1n) is 13.9. The highest BCUT2D eigenvalue weighted by Crippen LogP contribution is 2.38. The van der Waals surface area contributed by atoms with Crippen LogP contribution in [0.4, 0.5) is 10.5 Å². The maximum Gasteiger partial charge on any atom is 0.319 e. The summed E-state index contributed by atoms with van der Waals surface area (Å²) in [6.07, 6.45) is 1.98. The van der Waals surface area contributed by atoms with Crippen molar-refractivity contribution in [1.82, 2.24) is 10.2 Å². The van der Waals surface area contributed by atoms with E-state index in [1.165, 1.54) is 6.92 Å². The van der Waals surface area contributed by atoms with Gasteiger partial charge < -0.3 is 30.1 Å². The molecule has 0 spiro atoms. The molecule has 0 radical (unpaired) electrons. The summed E-state index contributed by atoms with van der Waals surface area (Å²) < 4.78 is 12.8. The summed E-state index contributed by atoms with van der Waals surface area (Å²) in [5.74, 6) is -0.118. The van der Waals surface area contributed by atoms with Gasteiger partial charge in [0.1, 0.15) is 0 Å². The standard InChI is InChI=1S/C33H39N3O5/c1-4-17-36(3)21-29-20-31(26-15-13-25(22-37)14-16-26)41-32(40-29)27-11-8-12-28(19-27)34-33(39)35-30(23(2)38)18-24-9-6-5-7-10-24/h4-16,19,29-32,37H,1,17-18,20-22H2,2-3H3,(H2,34,35,39)/t29-,30+,31+,32?/m0/s1. The average Bonchev–Trinajstić information content (AvgIpc) is 2.97. The minimum absolute atomic E-state index is 0.0146. The maximum atomic E-state index is 12.9. The molecule has 0 saturated carbocycles. The molecule has 0 aliphatic carbocycles. The number of aliphatic hydroxyl groups is 1. The van der Waals surface area contributed by atoms with Crippen LogP contribution in [0, 0.1) is 0 Å². The van der Waals surface area contributed by atoms with E-state index in [1.807, 2.05) is 85.9 Å². The zero-order valence-corrected chi connectivity index (χ0v) is 23.7. The number of carbonyl (C=O) groups is 2. The van der Waals surface area contributed by atoms with Gasteiger partial charge in [-0.1, -0.05) is 72.8 Å². The van der Waals surface area contributed by atoms with E-state index >= 15 is 0 Å². The number of ether oxygens (including phenoxy) is 2. The fourth-order valence-corrected chi connectivity index (χ4v) is 4.91. The molecule has 1 unspecified atom stereocenters. The van der Waals surface area contributed by atoms with Crippen LogP contribution >= 0.6 is 0 Å². The number of hydrogen-bond acceptors (Lipinski definition) is 6. The van der Waals surface area contributed by atoms with E-state index in [9.17, 15) is 14.7 Å². The lowest BCUT2D eigenvalue weighted by Crippen LogP contribution is -2.43. The summed E-state index contributed by atoms with van der Waals surface area (Å²) in [7, 11) is 2.02. The molecule has 3 aromatic rings. The van der Waals surface area contributed by atoms with E-state index in [2.05, 4.69) is 22.1 Å². The Morgan fingerprint density at radius 2 is 1.78 bits per heavy atom. The van der Waals surface area contributed by atoms with Crippen molar-refractivity contribution in [2.75, 3.05) is 25.5 Å². The molecule has 1 aliphatic rings. The predicted octanol–water partition coefficient (Wildman–Crippen LogP) is 5.16. The van der Waals surface area contributed by atoms with Gasteiger partial charge in [-0.15, -0.1) is 6.58 Å². The minimum atomic E-state index is -0.652. The van der Waals surface area contributed by atoms with Gasteiger partial charge in [-0.2, -0.15) is 0 Å². The largest absolute Gasteiger partial charge is 0.392 e. The van der Waals surface area contributed by atoms with Crippen LogP contribution in [-0.2, 0) is 27.3 Å². The van der Waals surface area contributed by atoms with Gasteiger partial charge in [-0.3, -0.25) is 4.79 Å². The number of Topliss-reactive ketones (excluding diaryl/α,β-unsaturated/α-hetero) is 1. The molecule has 4 atom stereocenters. The van der Waals surface area contributed by atoms with Crippen molar-refractivity contribution in [3.63, 3.8) is 0 Å². The molecule has 0 aromatic heterocycles. The Kier molecular flexibility index (Phi) is 10.8. The first-order chi connectivity index (χ1) is 19.8. The quantitative estimate of drug-likeness (QED) is 0.266. The van der Waals surface area contributed by atoms with Gasteiger partial charge in [0.15, 0.2) is 12.1 Å². The molecule has 216 valence electrons. The molecule has 0 bridgehead atoms. The topological polar surface area (TPSA) is 100 Å². The van der Waals surface area contributed by atoms with Crippen molar-refractivity contribution in [1.29, 1.82) is 0 Å². The van der Waals surface area contributed by atoms with E-state index in [1.54, 1.807) is 6.07 Å². The summed E-state index contributed by atoms with van der Waals surface area (Å²) in [6, 6.07) is 23.6. The van der Waals surface area contributed by atoms with Crippen LogP contribution in [0.2, 0.25) is 0 Å². The van der Waals surface area contributed by atoms with Crippen LogP contribution in [0.1, 0.15) is 48.0 Å². The molecule has 1 aliphatic heterocycles. The van der Waals surface area contributed by atoms with Gasteiger partial charge in [0.2, 0.25) is 0 Å². The number of anilines is 1. The van der Waals surface area contributed by atoms with Crippen LogP contribution in [0.3, 0.4) is 0 Å². The Hall–Kier alpha value is -3.82. The van der Waals surface area contributed by atoms with Crippen molar-refractivity contribution in [3.05, 3.63) is 114 Å². The fourth-order valence-electron chi connectivity index (χ4n) is 4.91. The highest BCUT2D eigenvalue weighted by atomic mass is 16.7. The number of aliphatic hydroxyl groups excluding tert-OH is 1. The van der Waals surface area contributed by atoms with Gasteiger partial charge in [0.05, 0.1) is 24.9 Å². The number of benzene rings is 3. The van der Waals surface area contributed by atoms with Gasteiger partial charge in [0, 0.05) is 30.8 Å². The average molecular weight is 558 g/mol. The fraction of sp³-hybridized carbons (Fsp3) is 0.333. The first kappa shape index (κ1) is 30.1. The normalized spacial score (nSPS) is 19.4. The Morgan fingerprint density at radius 1 is 1.02 bits per heavy atom. The van der Waals surface area contributed by atoms with E-state index in [4.69, 9.17) is 9.47 Å². The maximum absolute atomic E-state index is 12.9. The molecule has 1 fully saturated rings. The van der Waals surface area contributed by atoms with E-state index in [0.29, 0.717) is 25.1 Å². The number of likely N-dealkylation sites (N-methyl/N-ethyl adjacent to an activating group) is 1.